The molecule has 1 heterocycles. The van der Waals surface area contributed by atoms with Gasteiger partial charge in [0.1, 0.15) is 11.6 Å². The number of ketones is 2. The lowest BCUT2D eigenvalue weighted by Gasteiger charge is -2.07. The van der Waals surface area contributed by atoms with Crippen molar-refractivity contribution in [1.29, 1.82) is 0 Å². The number of hydrogen-bond acceptors (Lipinski definition) is 4. The van der Waals surface area contributed by atoms with Gasteiger partial charge in [0.15, 0.2) is 11.2 Å². The molecule has 142 valence electrons. The minimum Gasteiger partial charge on any atom is -0.475 e. The van der Waals surface area contributed by atoms with Gasteiger partial charge in [0.2, 0.25) is 5.78 Å². The van der Waals surface area contributed by atoms with Gasteiger partial charge in [-0.3, -0.25) is 14.4 Å². The molecule has 0 unspecified atom stereocenters. The van der Waals surface area contributed by atoms with Gasteiger partial charge in [0, 0.05) is 29.1 Å². The lowest BCUT2D eigenvalue weighted by molar-refractivity contribution is -0.148. The number of hydrogen-bond donors (Lipinski definition) is 2. The van der Waals surface area contributed by atoms with E-state index in [1.807, 2.05) is 0 Å². The van der Waals surface area contributed by atoms with Crippen LogP contribution >= 0.6 is 0 Å². The molecular weight excluding hydrogens is 372 g/mol. The number of pyridine rings is 1. The minimum atomic E-state index is -1.76. The van der Waals surface area contributed by atoms with Crippen molar-refractivity contribution < 1.29 is 28.3 Å². The molecule has 0 spiro atoms. The number of Topliss-reactive ketones (excluding diaryl/α,β-unsaturated/α-hetero) is 2. The first-order valence-corrected chi connectivity index (χ1v) is 8.14. The van der Waals surface area contributed by atoms with E-state index in [1.165, 1.54) is 18.2 Å². The molecule has 2 N–H and O–H groups in total. The topological polar surface area (TPSA) is 104 Å². The zero-order valence-electron chi connectivity index (χ0n) is 14.3. The molecule has 6 nitrogen and oxygen atoms in total. The van der Waals surface area contributed by atoms with Crippen molar-refractivity contribution in [1.82, 2.24) is 4.98 Å². The highest BCUT2D eigenvalue weighted by Gasteiger charge is 2.21. The monoisotopic (exact) mass is 385 g/mol. The molecule has 3 aromatic rings. The van der Waals surface area contributed by atoms with Gasteiger partial charge >= 0.3 is 5.97 Å². The Kier molecular flexibility index (Phi) is 5.12. The van der Waals surface area contributed by atoms with Crippen molar-refractivity contribution in [3.63, 3.8) is 0 Å². The summed E-state index contributed by atoms with van der Waals surface area (Å²) in [6.07, 6.45) is 0.0615. The maximum Gasteiger partial charge on any atom is 0.372 e. The Hall–Kier alpha value is -3.68. The molecule has 0 aliphatic rings. The second-order valence-corrected chi connectivity index (χ2v) is 6.12. The average Bonchev–Trinajstić information content (AvgIpc) is 2.65. The van der Waals surface area contributed by atoms with Crippen LogP contribution in [0.4, 0.5) is 8.78 Å². The first kappa shape index (κ1) is 19.1. The summed E-state index contributed by atoms with van der Waals surface area (Å²) in [6.45, 7) is 0. The van der Waals surface area contributed by atoms with E-state index in [2.05, 4.69) is 4.98 Å². The number of halogens is 2. The fraction of sp³-hybridized carbons (Fsp3) is 0.100. The highest BCUT2D eigenvalue weighted by atomic mass is 19.1. The quantitative estimate of drug-likeness (QED) is 0.386. The van der Waals surface area contributed by atoms with E-state index in [-0.39, 0.29) is 22.9 Å². The van der Waals surface area contributed by atoms with E-state index in [0.29, 0.717) is 11.1 Å². The third-order valence-corrected chi connectivity index (χ3v) is 4.25. The van der Waals surface area contributed by atoms with Crippen LogP contribution in [0.3, 0.4) is 0 Å². The molecule has 1 aromatic heterocycles. The van der Waals surface area contributed by atoms with Crippen LogP contribution in [0.25, 0.3) is 10.9 Å². The Morgan fingerprint density at radius 1 is 1.04 bits per heavy atom. The lowest BCUT2D eigenvalue weighted by atomic mass is 10.00. The Morgan fingerprint density at radius 2 is 1.71 bits per heavy atom. The van der Waals surface area contributed by atoms with E-state index in [0.717, 1.165) is 18.3 Å². The smallest absolute Gasteiger partial charge is 0.372 e. The van der Waals surface area contributed by atoms with Crippen molar-refractivity contribution in [3.8, 4) is 0 Å². The highest BCUT2D eigenvalue weighted by Crippen LogP contribution is 2.19. The number of aliphatic carboxylic acids is 1. The first-order valence-electron chi connectivity index (χ1n) is 8.14. The fourth-order valence-electron chi connectivity index (χ4n) is 2.80. The number of H-pyrrole nitrogens is 1. The second-order valence-electron chi connectivity index (χ2n) is 6.12. The van der Waals surface area contributed by atoms with Gasteiger partial charge in [0.05, 0.1) is 12.0 Å². The van der Waals surface area contributed by atoms with Crippen LogP contribution in [0.15, 0.2) is 47.4 Å². The molecule has 0 amide bonds. The summed E-state index contributed by atoms with van der Waals surface area (Å²) in [6, 6.07) is 8.01. The van der Waals surface area contributed by atoms with E-state index in [9.17, 15) is 28.0 Å². The van der Waals surface area contributed by atoms with Crippen molar-refractivity contribution in [2.45, 2.75) is 12.8 Å². The van der Waals surface area contributed by atoms with E-state index >= 15 is 0 Å². The zero-order valence-corrected chi connectivity index (χ0v) is 14.3. The minimum absolute atomic E-state index is 0.0860. The summed E-state index contributed by atoms with van der Waals surface area (Å²) < 4.78 is 27.7. The van der Waals surface area contributed by atoms with Crippen molar-refractivity contribution in [2.24, 2.45) is 0 Å². The van der Waals surface area contributed by atoms with Gasteiger partial charge in [-0.2, -0.15) is 0 Å². The number of benzene rings is 2. The van der Waals surface area contributed by atoms with E-state index < -0.39 is 41.0 Å². The first-order chi connectivity index (χ1) is 13.3. The molecule has 0 aliphatic carbocycles. The molecule has 0 saturated heterocycles. The van der Waals surface area contributed by atoms with Gasteiger partial charge in [-0.05, 0) is 29.8 Å². The van der Waals surface area contributed by atoms with Gasteiger partial charge in [-0.25, -0.2) is 13.6 Å². The second kappa shape index (κ2) is 7.51. The zero-order chi connectivity index (χ0) is 20.4. The molecule has 0 radical (unpaired) electrons. The Morgan fingerprint density at radius 3 is 2.36 bits per heavy atom. The number of carbonyl (C=O) groups excluding carboxylic acids is 2. The molecule has 2 aromatic carbocycles. The Bertz CT molecular complexity index is 1160. The number of rotatable bonds is 6. The molecule has 28 heavy (non-hydrogen) atoms. The van der Waals surface area contributed by atoms with Crippen LogP contribution in [0, 0.1) is 11.6 Å². The molecule has 0 atom stereocenters. The standard InChI is InChI=1S/C20H13F2NO5/c21-14-2-1-3-15(22)11(14)6-10-4-5-16-12(7-10)19(26)13(9-23-16)17(24)8-18(25)20(27)28/h1-5,7,9H,6,8H2,(H,23,26)(H,27,28). The summed E-state index contributed by atoms with van der Waals surface area (Å²) in [5.41, 5.74) is -0.404. The number of nitrogens with one attached hydrogen (secondary N) is 1. The van der Waals surface area contributed by atoms with Crippen LogP contribution in [0.1, 0.15) is 27.9 Å². The number of carbonyl (C=O) groups is 3. The number of fused-ring (bicyclic) bond motifs is 1. The van der Waals surface area contributed by atoms with Crippen molar-refractivity contribution >= 4 is 28.4 Å². The molecule has 3 rings (SSSR count). The average molecular weight is 385 g/mol. The van der Waals surface area contributed by atoms with E-state index in [4.69, 9.17) is 5.11 Å². The largest absolute Gasteiger partial charge is 0.475 e. The van der Waals surface area contributed by atoms with Crippen LogP contribution in [-0.2, 0) is 16.0 Å². The lowest BCUT2D eigenvalue weighted by Crippen LogP contribution is -2.22. The summed E-state index contributed by atoms with van der Waals surface area (Å²) in [4.78, 5) is 49.2. The van der Waals surface area contributed by atoms with Gasteiger partial charge in [-0.15, -0.1) is 0 Å². The van der Waals surface area contributed by atoms with Gasteiger partial charge in [-0.1, -0.05) is 12.1 Å². The molecule has 0 bridgehead atoms. The molecule has 8 heteroatoms. The maximum absolute atomic E-state index is 13.9. The van der Waals surface area contributed by atoms with Crippen molar-refractivity contribution in [2.75, 3.05) is 0 Å². The Labute approximate surface area is 156 Å². The summed E-state index contributed by atoms with van der Waals surface area (Å²) >= 11 is 0. The fourth-order valence-corrected chi connectivity index (χ4v) is 2.80. The van der Waals surface area contributed by atoms with Crippen LogP contribution in [0.5, 0.6) is 0 Å². The number of aromatic amines is 1. The molecule has 0 aliphatic heterocycles. The number of carboxylic acids is 1. The number of aromatic nitrogens is 1. The summed E-state index contributed by atoms with van der Waals surface area (Å²) in [5, 5.41) is 8.68. The van der Waals surface area contributed by atoms with Crippen molar-refractivity contribution in [3.05, 3.63) is 81.1 Å². The maximum atomic E-state index is 13.9. The van der Waals surface area contributed by atoms with Crippen LogP contribution in [-0.4, -0.2) is 27.6 Å². The van der Waals surface area contributed by atoms with Crippen LogP contribution < -0.4 is 5.43 Å². The third kappa shape index (κ3) is 3.71. The summed E-state index contributed by atoms with van der Waals surface area (Å²) in [7, 11) is 0. The Balaban J connectivity index is 2.00. The SMILES string of the molecule is O=C(O)C(=O)CC(=O)c1c[nH]c2ccc(Cc3c(F)cccc3F)cc2c1=O. The molecule has 0 saturated carbocycles. The molecular formula is C20H13F2NO5. The van der Waals surface area contributed by atoms with Gasteiger partial charge < -0.3 is 10.1 Å². The molecule has 0 fully saturated rings. The van der Waals surface area contributed by atoms with E-state index in [1.54, 1.807) is 6.07 Å². The predicted molar refractivity (Wildman–Crippen MR) is 95.3 cm³/mol. The normalized spacial score (nSPS) is 10.8. The number of carboxylic acid groups (broad SMARTS) is 1. The van der Waals surface area contributed by atoms with Crippen LogP contribution in [0.2, 0.25) is 0 Å². The van der Waals surface area contributed by atoms with Gasteiger partial charge in [0.25, 0.3) is 0 Å². The predicted octanol–water partition coefficient (Wildman–Crippen LogP) is 2.62. The third-order valence-electron chi connectivity index (χ3n) is 4.25. The summed E-state index contributed by atoms with van der Waals surface area (Å²) in [5.74, 6) is -5.45. The highest BCUT2D eigenvalue weighted by molar-refractivity contribution is 6.37.